The summed E-state index contributed by atoms with van der Waals surface area (Å²) < 4.78 is 0. The van der Waals surface area contributed by atoms with Crippen molar-refractivity contribution >= 4 is 16.9 Å². The molecule has 5 rings (SSSR count). The molecule has 0 saturated carbocycles. The van der Waals surface area contributed by atoms with Gasteiger partial charge in [0, 0.05) is 16.5 Å². The van der Waals surface area contributed by atoms with Gasteiger partial charge >= 0.3 is 5.97 Å². The predicted molar refractivity (Wildman–Crippen MR) is 122 cm³/mol. The minimum atomic E-state index is -0.920. The Labute approximate surface area is 174 Å². The molecule has 0 saturated heterocycles. The van der Waals surface area contributed by atoms with E-state index in [0.29, 0.717) is 0 Å². The summed E-state index contributed by atoms with van der Waals surface area (Å²) in [5, 5.41) is 10.5. The summed E-state index contributed by atoms with van der Waals surface area (Å²) in [6.07, 6.45) is 0. The average Bonchev–Trinajstić information content (AvgIpc) is 3.19. The van der Waals surface area contributed by atoms with Gasteiger partial charge in [-0.3, -0.25) is 0 Å². The van der Waals surface area contributed by atoms with Crippen molar-refractivity contribution < 1.29 is 9.90 Å². The van der Waals surface area contributed by atoms with Gasteiger partial charge in [0.05, 0.1) is 11.3 Å². The fourth-order valence-electron chi connectivity index (χ4n) is 3.95. The Morgan fingerprint density at radius 2 is 1.27 bits per heavy atom. The van der Waals surface area contributed by atoms with Gasteiger partial charge in [-0.15, -0.1) is 0 Å². The molecule has 0 aliphatic rings. The normalized spacial score (nSPS) is 10.9. The van der Waals surface area contributed by atoms with Crippen molar-refractivity contribution in [2.24, 2.45) is 0 Å². The number of carboxylic acids is 1. The van der Waals surface area contributed by atoms with E-state index in [-0.39, 0.29) is 5.56 Å². The molecule has 0 amide bonds. The maximum Gasteiger partial charge on any atom is 0.335 e. The van der Waals surface area contributed by atoms with E-state index >= 15 is 0 Å². The van der Waals surface area contributed by atoms with Crippen molar-refractivity contribution in [3.05, 3.63) is 109 Å². The summed E-state index contributed by atoms with van der Waals surface area (Å²) in [7, 11) is 0. The van der Waals surface area contributed by atoms with E-state index in [9.17, 15) is 9.90 Å². The lowest BCUT2D eigenvalue weighted by atomic mass is 9.94. The Kier molecular flexibility index (Phi) is 4.41. The molecule has 144 valence electrons. The summed E-state index contributed by atoms with van der Waals surface area (Å²) in [5.41, 5.74) is 7.69. The van der Waals surface area contributed by atoms with E-state index in [4.69, 9.17) is 0 Å². The standard InChI is InChI=1S/C27H19NO2/c29-27(30)22-13-7-11-20(17-22)19-10-6-12-21(16-19)25-23-14-4-5-15-24(23)28-26(25)18-8-2-1-3-9-18/h1-17,28H,(H,29,30). The second-order valence-corrected chi connectivity index (χ2v) is 7.25. The molecule has 0 atom stereocenters. The van der Waals surface area contributed by atoms with Crippen LogP contribution in [-0.2, 0) is 0 Å². The second-order valence-electron chi connectivity index (χ2n) is 7.25. The van der Waals surface area contributed by atoms with E-state index < -0.39 is 5.97 Å². The maximum absolute atomic E-state index is 11.4. The lowest BCUT2D eigenvalue weighted by Crippen LogP contribution is -1.95. The largest absolute Gasteiger partial charge is 0.478 e. The molecule has 3 heteroatoms. The van der Waals surface area contributed by atoms with E-state index in [0.717, 1.165) is 44.4 Å². The number of H-pyrrole nitrogens is 1. The van der Waals surface area contributed by atoms with Crippen molar-refractivity contribution in [2.45, 2.75) is 0 Å². The number of nitrogens with one attached hydrogen (secondary N) is 1. The number of fused-ring (bicyclic) bond motifs is 1. The third kappa shape index (κ3) is 3.16. The van der Waals surface area contributed by atoms with E-state index in [1.54, 1.807) is 18.2 Å². The zero-order chi connectivity index (χ0) is 20.5. The summed E-state index contributed by atoms with van der Waals surface area (Å²) in [4.78, 5) is 15.0. The smallest absolute Gasteiger partial charge is 0.335 e. The third-order valence-electron chi connectivity index (χ3n) is 5.36. The Morgan fingerprint density at radius 3 is 2.07 bits per heavy atom. The van der Waals surface area contributed by atoms with Gasteiger partial charge in [-0.2, -0.15) is 0 Å². The highest BCUT2D eigenvalue weighted by Gasteiger charge is 2.15. The van der Waals surface area contributed by atoms with Gasteiger partial charge < -0.3 is 10.1 Å². The first-order chi connectivity index (χ1) is 14.7. The number of rotatable bonds is 4. The molecule has 0 aliphatic carbocycles. The number of hydrogen-bond donors (Lipinski definition) is 2. The fourth-order valence-corrected chi connectivity index (χ4v) is 3.95. The van der Waals surface area contributed by atoms with Gasteiger partial charge in [-0.1, -0.05) is 78.9 Å². The van der Waals surface area contributed by atoms with Crippen molar-refractivity contribution in [3.8, 4) is 33.5 Å². The minimum absolute atomic E-state index is 0.287. The van der Waals surface area contributed by atoms with Gasteiger partial charge in [0.2, 0.25) is 0 Å². The monoisotopic (exact) mass is 389 g/mol. The number of carbonyl (C=O) groups is 1. The van der Waals surface area contributed by atoms with E-state index in [2.05, 4.69) is 47.4 Å². The number of hydrogen-bond acceptors (Lipinski definition) is 1. The van der Waals surface area contributed by atoms with Crippen LogP contribution in [0.2, 0.25) is 0 Å². The fraction of sp³-hybridized carbons (Fsp3) is 0. The zero-order valence-electron chi connectivity index (χ0n) is 16.2. The Bertz CT molecular complexity index is 1370. The third-order valence-corrected chi connectivity index (χ3v) is 5.36. The first-order valence-corrected chi connectivity index (χ1v) is 9.81. The lowest BCUT2D eigenvalue weighted by molar-refractivity contribution is 0.0697. The molecule has 4 aromatic carbocycles. The Balaban J connectivity index is 1.71. The van der Waals surface area contributed by atoms with Crippen LogP contribution in [0.5, 0.6) is 0 Å². The summed E-state index contributed by atoms with van der Waals surface area (Å²) >= 11 is 0. The predicted octanol–water partition coefficient (Wildman–Crippen LogP) is 6.87. The van der Waals surface area contributed by atoms with Crippen molar-refractivity contribution in [1.82, 2.24) is 4.98 Å². The average molecular weight is 389 g/mol. The number of para-hydroxylation sites is 1. The van der Waals surface area contributed by atoms with Crippen molar-refractivity contribution in [1.29, 1.82) is 0 Å². The molecule has 0 aliphatic heterocycles. The molecule has 1 aromatic heterocycles. The topological polar surface area (TPSA) is 53.1 Å². The van der Waals surface area contributed by atoms with Gasteiger partial charge in [-0.05, 0) is 46.5 Å². The van der Waals surface area contributed by atoms with Gasteiger partial charge in [0.25, 0.3) is 0 Å². The molecular formula is C27H19NO2. The molecule has 3 nitrogen and oxygen atoms in total. The maximum atomic E-state index is 11.4. The van der Waals surface area contributed by atoms with Crippen LogP contribution in [0.3, 0.4) is 0 Å². The molecule has 2 N–H and O–H groups in total. The van der Waals surface area contributed by atoms with Crippen molar-refractivity contribution in [2.75, 3.05) is 0 Å². The van der Waals surface area contributed by atoms with Gasteiger partial charge in [-0.25, -0.2) is 4.79 Å². The molecule has 0 bridgehead atoms. The highest BCUT2D eigenvalue weighted by Crippen LogP contribution is 2.39. The van der Waals surface area contributed by atoms with Crippen LogP contribution in [0.15, 0.2) is 103 Å². The number of benzene rings is 4. The highest BCUT2D eigenvalue weighted by molar-refractivity contribution is 6.04. The molecule has 0 radical (unpaired) electrons. The van der Waals surface area contributed by atoms with Crippen LogP contribution in [0.1, 0.15) is 10.4 Å². The SMILES string of the molecule is O=C(O)c1cccc(-c2cccc(-c3c(-c4ccccc4)[nH]c4ccccc34)c2)c1. The molecule has 0 spiro atoms. The quantitative estimate of drug-likeness (QED) is 0.352. The van der Waals surface area contributed by atoms with E-state index in [1.165, 1.54) is 0 Å². The molecule has 0 fully saturated rings. The lowest BCUT2D eigenvalue weighted by Gasteiger charge is -2.09. The summed E-state index contributed by atoms with van der Waals surface area (Å²) in [5.74, 6) is -0.920. The Hall–Kier alpha value is -4.11. The van der Waals surface area contributed by atoms with E-state index in [1.807, 2.05) is 42.5 Å². The summed E-state index contributed by atoms with van der Waals surface area (Å²) in [6.45, 7) is 0. The number of aromatic nitrogens is 1. The number of aromatic carboxylic acids is 1. The van der Waals surface area contributed by atoms with Crippen LogP contribution in [0.25, 0.3) is 44.4 Å². The van der Waals surface area contributed by atoms with Crippen LogP contribution < -0.4 is 0 Å². The molecule has 0 unspecified atom stereocenters. The number of aromatic amines is 1. The van der Waals surface area contributed by atoms with Gasteiger partial charge in [0.15, 0.2) is 0 Å². The number of carboxylic acid groups (broad SMARTS) is 1. The van der Waals surface area contributed by atoms with Crippen LogP contribution >= 0.6 is 0 Å². The second kappa shape index (κ2) is 7.37. The Morgan fingerprint density at radius 1 is 0.633 bits per heavy atom. The molecule has 30 heavy (non-hydrogen) atoms. The van der Waals surface area contributed by atoms with Crippen LogP contribution in [0.4, 0.5) is 0 Å². The van der Waals surface area contributed by atoms with Gasteiger partial charge in [0.1, 0.15) is 0 Å². The summed E-state index contributed by atoms with van der Waals surface area (Å²) in [6, 6.07) is 33.9. The first kappa shape index (κ1) is 18.0. The minimum Gasteiger partial charge on any atom is -0.478 e. The molecule has 1 heterocycles. The molecule has 5 aromatic rings. The van der Waals surface area contributed by atoms with Crippen molar-refractivity contribution in [3.63, 3.8) is 0 Å². The first-order valence-electron chi connectivity index (χ1n) is 9.81. The molecular weight excluding hydrogens is 370 g/mol. The van der Waals surface area contributed by atoms with Crippen LogP contribution in [0, 0.1) is 0 Å². The van der Waals surface area contributed by atoms with Crippen LogP contribution in [-0.4, -0.2) is 16.1 Å². The highest BCUT2D eigenvalue weighted by atomic mass is 16.4. The zero-order valence-corrected chi connectivity index (χ0v) is 16.2.